The van der Waals surface area contributed by atoms with Crippen molar-refractivity contribution in [3.05, 3.63) is 77.4 Å². The van der Waals surface area contributed by atoms with Crippen molar-refractivity contribution in [3.8, 4) is 5.75 Å². The van der Waals surface area contributed by atoms with Crippen LogP contribution in [0.3, 0.4) is 0 Å². The van der Waals surface area contributed by atoms with Crippen molar-refractivity contribution in [2.75, 3.05) is 5.73 Å². The molecule has 118 valence electrons. The van der Waals surface area contributed by atoms with E-state index in [1.165, 1.54) is 12.1 Å². The van der Waals surface area contributed by atoms with Gasteiger partial charge in [-0.2, -0.15) is 0 Å². The van der Waals surface area contributed by atoms with Gasteiger partial charge in [0.1, 0.15) is 22.9 Å². The Labute approximate surface area is 135 Å². The molecule has 0 radical (unpaired) electrons. The average molecular weight is 308 g/mol. The first kappa shape index (κ1) is 15.1. The van der Waals surface area contributed by atoms with Crippen molar-refractivity contribution in [1.29, 1.82) is 0 Å². The van der Waals surface area contributed by atoms with E-state index in [0.29, 0.717) is 22.8 Å². The van der Waals surface area contributed by atoms with Crippen molar-refractivity contribution in [2.24, 2.45) is 0 Å². The average Bonchev–Trinajstić information content (AvgIpc) is 2.58. The monoisotopic (exact) mass is 308 g/mol. The van der Waals surface area contributed by atoms with Crippen LogP contribution in [-0.4, -0.2) is 0 Å². The fourth-order valence-corrected chi connectivity index (χ4v) is 2.38. The first-order valence-electron chi connectivity index (χ1n) is 7.44. The highest BCUT2D eigenvalue weighted by atomic mass is 16.5. The third-order valence-corrected chi connectivity index (χ3v) is 3.60. The quantitative estimate of drug-likeness (QED) is 0.663. The number of quaternary nitrogens is 1. The van der Waals surface area contributed by atoms with Crippen LogP contribution in [-0.2, 0) is 0 Å². The van der Waals surface area contributed by atoms with Crippen molar-refractivity contribution in [1.82, 2.24) is 0 Å². The maximum absolute atomic E-state index is 12.5. The zero-order valence-corrected chi connectivity index (χ0v) is 12.6. The number of benzene rings is 2. The first-order valence-corrected chi connectivity index (χ1v) is 7.44. The molecule has 0 aliphatic heterocycles. The maximum Gasteiger partial charge on any atom is 0.136 e. The molecule has 0 fully saturated rings. The van der Waals surface area contributed by atoms with Crippen LogP contribution < -0.4 is 15.5 Å². The molecule has 2 aromatic carbocycles. The molecule has 23 heavy (non-hydrogen) atoms. The zero-order valence-electron chi connectivity index (χ0n) is 12.6. The molecule has 0 bridgehead atoms. The lowest BCUT2D eigenvalue weighted by atomic mass is 10.2. The molecule has 1 aliphatic carbocycles. The van der Waals surface area contributed by atoms with Crippen LogP contribution in [0, 0.1) is 5.21 Å². The van der Waals surface area contributed by atoms with Gasteiger partial charge in [-0.1, -0.05) is 17.8 Å². The molecule has 0 saturated carbocycles. The summed E-state index contributed by atoms with van der Waals surface area (Å²) in [5, 5.41) is 12.3. The Kier molecular flexibility index (Phi) is 4.32. The van der Waals surface area contributed by atoms with Crippen molar-refractivity contribution >= 4 is 22.7 Å². The molecule has 0 heterocycles. The van der Waals surface area contributed by atoms with Crippen LogP contribution in [0.1, 0.15) is 12.8 Å². The summed E-state index contributed by atoms with van der Waals surface area (Å²) < 4.78 is 5.74. The highest BCUT2D eigenvalue weighted by Gasteiger charge is 2.09. The van der Waals surface area contributed by atoms with Crippen molar-refractivity contribution in [2.45, 2.75) is 12.8 Å². The van der Waals surface area contributed by atoms with Gasteiger partial charge in [0.05, 0.1) is 0 Å². The number of nitrogens with one attached hydrogen (secondary N) is 2. The second kappa shape index (κ2) is 6.56. The van der Waals surface area contributed by atoms with Crippen LogP contribution in [0.2, 0.25) is 0 Å². The minimum atomic E-state index is -0.217. The van der Waals surface area contributed by atoms with Gasteiger partial charge in [-0.05, 0) is 43.2 Å². The number of hydrogen-bond donors (Lipinski definition) is 2. The molecule has 3 rings (SSSR count). The van der Waals surface area contributed by atoms with Gasteiger partial charge in [-0.3, -0.25) is 0 Å². The van der Waals surface area contributed by atoms with E-state index < -0.39 is 0 Å². The Morgan fingerprint density at radius 3 is 2.57 bits per heavy atom. The molecule has 5 heteroatoms. The van der Waals surface area contributed by atoms with Crippen LogP contribution in [0.4, 0.5) is 22.7 Å². The summed E-state index contributed by atoms with van der Waals surface area (Å²) in [6.45, 7) is 0. The minimum absolute atomic E-state index is 0.169. The molecule has 1 aliphatic rings. The molecular formula is C18H18N3O2-. The molecule has 1 atom stereocenters. The Morgan fingerprint density at radius 1 is 1.09 bits per heavy atom. The summed E-state index contributed by atoms with van der Waals surface area (Å²) in [5.41, 5.74) is 15.0. The standard InChI is InChI=1S/C18H18N3O2/c19-13-6-11-17(20)18(12-13)21(22)14-7-9-16(10-8-14)23-15-4-2-1-3-5-15/h2,4-12,20-21H,1,3,19H2/q-1. The molecule has 2 aromatic rings. The summed E-state index contributed by atoms with van der Waals surface area (Å²) in [6, 6.07) is 11.6. The summed E-state index contributed by atoms with van der Waals surface area (Å²) in [4.78, 5) is 0. The van der Waals surface area contributed by atoms with E-state index in [-0.39, 0.29) is 10.8 Å². The third-order valence-electron chi connectivity index (χ3n) is 3.60. The second-order valence-electron chi connectivity index (χ2n) is 5.35. The fourth-order valence-electron chi connectivity index (χ4n) is 2.38. The van der Waals surface area contributed by atoms with Gasteiger partial charge < -0.3 is 26.5 Å². The topological polar surface area (TPSA) is 86.5 Å². The van der Waals surface area contributed by atoms with E-state index in [1.807, 2.05) is 12.2 Å². The lowest BCUT2D eigenvalue weighted by Crippen LogP contribution is -2.96. The number of anilines is 1. The summed E-state index contributed by atoms with van der Waals surface area (Å²) in [5.74, 6) is 1.50. The molecule has 0 spiro atoms. The SMILES string of the molecule is [NH-]c1ccc(N)cc1[NH+]([O-])c1ccc(OC2=CCCC=C2)cc1. The molecule has 5 nitrogen and oxygen atoms in total. The molecule has 1 unspecified atom stereocenters. The number of nitrogens with two attached hydrogens (primary N) is 1. The van der Waals surface area contributed by atoms with Crippen LogP contribution in [0.25, 0.3) is 5.73 Å². The van der Waals surface area contributed by atoms with Crippen molar-refractivity contribution in [3.63, 3.8) is 0 Å². The molecular weight excluding hydrogens is 290 g/mol. The molecule has 4 N–H and O–H groups in total. The number of rotatable bonds is 4. The molecule has 0 aromatic heterocycles. The van der Waals surface area contributed by atoms with E-state index >= 15 is 0 Å². The molecule has 0 amide bonds. The van der Waals surface area contributed by atoms with Gasteiger partial charge in [-0.15, -0.1) is 0 Å². The number of hydrogen-bond acceptors (Lipinski definition) is 3. The summed E-state index contributed by atoms with van der Waals surface area (Å²) >= 11 is 0. The largest absolute Gasteiger partial charge is 0.694 e. The minimum Gasteiger partial charge on any atom is -0.694 e. The maximum atomic E-state index is 12.5. The van der Waals surface area contributed by atoms with Gasteiger partial charge in [0.15, 0.2) is 0 Å². The van der Waals surface area contributed by atoms with E-state index in [1.54, 1.807) is 30.3 Å². The lowest BCUT2D eigenvalue weighted by molar-refractivity contribution is -0.697. The second-order valence-corrected chi connectivity index (χ2v) is 5.35. The van der Waals surface area contributed by atoms with E-state index in [4.69, 9.17) is 16.2 Å². The zero-order chi connectivity index (χ0) is 16.2. The Hall–Kier alpha value is -2.76. The normalized spacial score (nSPS) is 15.1. The predicted molar refractivity (Wildman–Crippen MR) is 92.0 cm³/mol. The number of allylic oxidation sites excluding steroid dienone is 3. The van der Waals surface area contributed by atoms with E-state index in [2.05, 4.69) is 6.08 Å². The van der Waals surface area contributed by atoms with Crippen LogP contribution in [0.5, 0.6) is 5.75 Å². The smallest absolute Gasteiger partial charge is 0.136 e. The molecule has 0 saturated heterocycles. The first-order chi connectivity index (χ1) is 11.1. The van der Waals surface area contributed by atoms with E-state index in [0.717, 1.165) is 18.6 Å². The highest BCUT2D eigenvalue weighted by Crippen LogP contribution is 2.25. The Balaban J connectivity index is 1.77. The number of ether oxygens (including phenoxy) is 1. The van der Waals surface area contributed by atoms with Crippen LogP contribution in [0.15, 0.2) is 66.5 Å². The predicted octanol–water partition coefficient (Wildman–Crippen LogP) is 3.91. The van der Waals surface area contributed by atoms with Gasteiger partial charge in [0, 0.05) is 23.9 Å². The van der Waals surface area contributed by atoms with E-state index in [9.17, 15) is 5.21 Å². The van der Waals surface area contributed by atoms with Crippen LogP contribution >= 0.6 is 0 Å². The Bertz CT molecular complexity index is 751. The summed E-state index contributed by atoms with van der Waals surface area (Å²) in [6.07, 6.45) is 8.07. The number of nitrogen functional groups attached to an aromatic ring is 1. The highest BCUT2D eigenvalue weighted by molar-refractivity contribution is 5.67. The fraction of sp³-hybridized carbons (Fsp3) is 0.111. The van der Waals surface area contributed by atoms with Gasteiger partial charge in [0.25, 0.3) is 0 Å². The summed E-state index contributed by atoms with van der Waals surface area (Å²) in [7, 11) is 0. The lowest BCUT2D eigenvalue weighted by Gasteiger charge is -2.25. The van der Waals surface area contributed by atoms with Gasteiger partial charge in [-0.25, -0.2) is 0 Å². The third kappa shape index (κ3) is 3.53. The Morgan fingerprint density at radius 2 is 1.87 bits per heavy atom. The van der Waals surface area contributed by atoms with Gasteiger partial charge in [0.2, 0.25) is 0 Å². The van der Waals surface area contributed by atoms with Gasteiger partial charge >= 0.3 is 0 Å². The van der Waals surface area contributed by atoms with Crippen molar-refractivity contribution < 1.29 is 9.80 Å².